The first kappa shape index (κ1) is 23.8. The number of aromatic nitrogens is 1. The van der Waals surface area contributed by atoms with Crippen LogP contribution in [0, 0.1) is 5.92 Å². The monoisotopic (exact) mass is 506 g/mol. The summed E-state index contributed by atoms with van der Waals surface area (Å²) in [6, 6.07) is 24.0. The van der Waals surface area contributed by atoms with Crippen LogP contribution in [0.1, 0.15) is 23.4 Å². The molecule has 2 aliphatic rings. The van der Waals surface area contributed by atoms with Crippen molar-refractivity contribution in [1.82, 2.24) is 9.58 Å². The van der Waals surface area contributed by atoms with Crippen LogP contribution >= 0.6 is 0 Å². The van der Waals surface area contributed by atoms with Gasteiger partial charge in [0.1, 0.15) is 12.1 Å². The molecule has 1 fully saturated rings. The van der Waals surface area contributed by atoms with E-state index in [4.69, 9.17) is 0 Å². The third-order valence-electron chi connectivity index (χ3n) is 7.23. The Kier molecular flexibility index (Phi) is 5.90. The van der Waals surface area contributed by atoms with Gasteiger partial charge in [-0.05, 0) is 30.3 Å². The minimum absolute atomic E-state index is 0.173. The fraction of sp³-hybridized carbons (Fsp3) is 0.167. The molecule has 3 heterocycles. The predicted molar refractivity (Wildman–Crippen MR) is 144 cm³/mol. The first-order valence-corrected chi connectivity index (χ1v) is 12.5. The minimum atomic E-state index is -1.11. The minimum Gasteiger partial charge on any atom is -0.386 e. The highest BCUT2D eigenvalue weighted by Crippen LogP contribution is 2.39. The van der Waals surface area contributed by atoms with E-state index >= 15 is 0 Å². The fourth-order valence-corrected chi connectivity index (χ4v) is 5.45. The van der Waals surface area contributed by atoms with Gasteiger partial charge in [-0.15, -0.1) is 0 Å². The Morgan fingerprint density at radius 3 is 2.24 bits per heavy atom. The lowest BCUT2D eigenvalue weighted by molar-refractivity contribution is -0.123. The van der Waals surface area contributed by atoms with Crippen molar-refractivity contribution in [3.8, 4) is 0 Å². The van der Waals surface area contributed by atoms with Crippen LogP contribution in [-0.2, 0) is 9.59 Å². The summed E-state index contributed by atoms with van der Waals surface area (Å²) in [5, 5.41) is 14.2. The SMILES string of the molecule is CC(=O)n1cc(C(O)C2C=CC3C(=O)N(c4ccccc4)C(=O)C3N2Nc2ccccc2)c2ccccc21. The molecule has 0 aliphatic carbocycles. The van der Waals surface area contributed by atoms with E-state index in [0.29, 0.717) is 22.5 Å². The van der Waals surface area contributed by atoms with Gasteiger partial charge >= 0.3 is 0 Å². The highest BCUT2D eigenvalue weighted by molar-refractivity contribution is 6.24. The van der Waals surface area contributed by atoms with Crippen LogP contribution in [0.4, 0.5) is 11.4 Å². The predicted octanol–water partition coefficient (Wildman–Crippen LogP) is 4.16. The van der Waals surface area contributed by atoms with Crippen molar-refractivity contribution in [3.63, 3.8) is 0 Å². The van der Waals surface area contributed by atoms with Crippen molar-refractivity contribution in [2.45, 2.75) is 25.1 Å². The lowest BCUT2D eigenvalue weighted by atomic mass is 9.90. The molecule has 0 spiro atoms. The molecule has 0 saturated carbocycles. The van der Waals surface area contributed by atoms with E-state index < -0.39 is 24.1 Å². The number of carbonyl (C=O) groups is 3. The summed E-state index contributed by atoms with van der Waals surface area (Å²) < 4.78 is 1.51. The smallest absolute Gasteiger partial charge is 0.254 e. The average molecular weight is 507 g/mol. The summed E-state index contributed by atoms with van der Waals surface area (Å²) in [6.07, 6.45) is 4.02. The van der Waals surface area contributed by atoms with Crippen molar-refractivity contribution in [3.05, 3.63) is 109 Å². The van der Waals surface area contributed by atoms with Crippen molar-refractivity contribution in [1.29, 1.82) is 0 Å². The number of amides is 2. The maximum atomic E-state index is 13.8. The summed E-state index contributed by atoms with van der Waals surface area (Å²) in [5.41, 5.74) is 5.77. The number of imide groups is 1. The van der Waals surface area contributed by atoms with Gasteiger partial charge in [-0.25, -0.2) is 9.91 Å². The third kappa shape index (κ3) is 3.82. The number of carbonyl (C=O) groups excluding carboxylic acids is 3. The van der Waals surface area contributed by atoms with Crippen molar-refractivity contribution in [2.24, 2.45) is 5.92 Å². The summed E-state index contributed by atoms with van der Waals surface area (Å²) in [5.74, 6) is -1.58. The van der Waals surface area contributed by atoms with Crippen LogP contribution in [0.2, 0.25) is 0 Å². The maximum absolute atomic E-state index is 13.8. The summed E-state index contributed by atoms with van der Waals surface area (Å²) >= 11 is 0. The van der Waals surface area contributed by atoms with Gasteiger partial charge in [0.2, 0.25) is 11.8 Å². The van der Waals surface area contributed by atoms with Crippen LogP contribution in [-0.4, -0.2) is 44.5 Å². The molecule has 1 saturated heterocycles. The standard InChI is InChI=1S/C30H26N4O4/c1-19(35)32-18-24(22-14-8-9-15-25(22)32)28(36)26-17-16-23-27(34(26)31-20-10-4-2-5-11-20)30(38)33(29(23)37)21-12-6-3-7-13-21/h2-18,23,26-28,31,36H,1H3. The highest BCUT2D eigenvalue weighted by Gasteiger charge is 2.54. The van der Waals surface area contributed by atoms with E-state index in [1.807, 2.05) is 60.7 Å². The van der Waals surface area contributed by atoms with Crippen LogP contribution in [0.5, 0.6) is 0 Å². The molecule has 0 radical (unpaired) electrons. The second-order valence-electron chi connectivity index (χ2n) is 9.51. The van der Waals surface area contributed by atoms with E-state index in [2.05, 4.69) is 5.43 Å². The number of hydrogen-bond acceptors (Lipinski definition) is 6. The van der Waals surface area contributed by atoms with Crippen LogP contribution in [0.15, 0.2) is 103 Å². The molecule has 38 heavy (non-hydrogen) atoms. The molecular formula is C30H26N4O4. The van der Waals surface area contributed by atoms with Crippen molar-refractivity contribution in [2.75, 3.05) is 10.3 Å². The topological polar surface area (TPSA) is 94.9 Å². The van der Waals surface area contributed by atoms with Crippen LogP contribution in [0.3, 0.4) is 0 Å². The van der Waals surface area contributed by atoms with Gasteiger partial charge in [0.15, 0.2) is 0 Å². The normalized spacial score (nSPS) is 22.1. The molecule has 4 aromatic rings. The zero-order valence-corrected chi connectivity index (χ0v) is 20.6. The Bertz CT molecular complexity index is 1560. The Labute approximate surface area is 219 Å². The first-order chi connectivity index (χ1) is 18.5. The summed E-state index contributed by atoms with van der Waals surface area (Å²) in [4.78, 5) is 40.8. The van der Waals surface area contributed by atoms with E-state index in [1.165, 1.54) is 16.4 Å². The molecule has 3 aromatic carbocycles. The molecule has 2 aliphatic heterocycles. The molecule has 0 bridgehead atoms. The second kappa shape index (κ2) is 9.41. The summed E-state index contributed by atoms with van der Waals surface area (Å²) in [6.45, 7) is 1.47. The quantitative estimate of drug-likeness (QED) is 0.312. The molecule has 6 rings (SSSR count). The summed E-state index contributed by atoms with van der Waals surface area (Å²) in [7, 11) is 0. The molecule has 4 atom stereocenters. The molecule has 2 amide bonds. The van der Waals surface area contributed by atoms with Crippen LogP contribution < -0.4 is 10.3 Å². The molecule has 190 valence electrons. The Hall–Kier alpha value is -4.53. The van der Waals surface area contributed by atoms with E-state index in [9.17, 15) is 19.5 Å². The van der Waals surface area contributed by atoms with Gasteiger partial charge in [-0.1, -0.05) is 66.7 Å². The number of hydrogen-bond donors (Lipinski definition) is 2. The second-order valence-corrected chi connectivity index (χ2v) is 9.51. The van der Waals surface area contributed by atoms with Gasteiger partial charge in [0.25, 0.3) is 5.91 Å². The number of hydrazine groups is 1. The third-order valence-corrected chi connectivity index (χ3v) is 7.23. The number of anilines is 2. The largest absolute Gasteiger partial charge is 0.386 e. The zero-order valence-electron chi connectivity index (χ0n) is 20.6. The number of fused-ring (bicyclic) bond motifs is 2. The zero-order chi connectivity index (χ0) is 26.4. The Balaban J connectivity index is 1.44. The number of aliphatic hydroxyl groups is 1. The number of aliphatic hydroxyl groups excluding tert-OH is 1. The first-order valence-electron chi connectivity index (χ1n) is 12.5. The molecule has 8 nitrogen and oxygen atoms in total. The van der Waals surface area contributed by atoms with Crippen LogP contribution in [0.25, 0.3) is 10.9 Å². The molecule has 1 aromatic heterocycles. The maximum Gasteiger partial charge on any atom is 0.254 e. The van der Waals surface area contributed by atoms with Crippen molar-refractivity contribution < 1.29 is 19.5 Å². The van der Waals surface area contributed by atoms with Gasteiger partial charge in [0, 0.05) is 29.8 Å². The average Bonchev–Trinajstić information content (AvgIpc) is 3.45. The molecule has 8 heteroatoms. The molecular weight excluding hydrogens is 480 g/mol. The number of rotatable bonds is 5. The number of nitrogens with one attached hydrogen (secondary N) is 1. The van der Waals surface area contributed by atoms with E-state index in [0.717, 1.165) is 5.39 Å². The molecule has 2 N–H and O–H groups in total. The fourth-order valence-electron chi connectivity index (χ4n) is 5.45. The lowest BCUT2D eigenvalue weighted by Crippen LogP contribution is -2.55. The highest BCUT2D eigenvalue weighted by atomic mass is 16.3. The van der Waals surface area contributed by atoms with Crippen molar-refractivity contribution >= 4 is 40.0 Å². The number of benzene rings is 3. The number of para-hydroxylation sites is 3. The number of nitrogens with zero attached hydrogens (tertiary/aromatic N) is 3. The molecule has 4 unspecified atom stereocenters. The van der Waals surface area contributed by atoms with Gasteiger partial charge in [0.05, 0.1) is 23.2 Å². The van der Waals surface area contributed by atoms with E-state index in [-0.39, 0.29) is 17.7 Å². The van der Waals surface area contributed by atoms with Gasteiger partial charge < -0.3 is 10.5 Å². The van der Waals surface area contributed by atoms with E-state index in [1.54, 1.807) is 47.6 Å². The Morgan fingerprint density at radius 2 is 1.53 bits per heavy atom. The lowest BCUT2D eigenvalue weighted by Gasteiger charge is -2.40. The van der Waals surface area contributed by atoms with Gasteiger partial charge in [-0.2, -0.15) is 0 Å². The van der Waals surface area contributed by atoms with Gasteiger partial charge in [-0.3, -0.25) is 19.0 Å². The Morgan fingerprint density at radius 1 is 0.868 bits per heavy atom.